The minimum Gasteiger partial charge on any atom is -0.271 e. The number of nitrogens with one attached hydrogen (secondary N) is 1. The maximum absolute atomic E-state index is 13.5. The zero-order valence-corrected chi connectivity index (χ0v) is 11.6. The van der Waals surface area contributed by atoms with E-state index in [4.69, 9.17) is 5.84 Å². The topological polar surface area (TPSA) is 38.0 Å². The minimum absolute atomic E-state index is 0.169. The molecule has 0 aliphatic rings. The molecule has 2 aromatic rings. The fraction of sp³-hybridized carbons (Fsp3) is 0.167. The SMILES string of the molecule is Cc1ccsc1C(NN)c1ccc(Br)c(F)c1. The van der Waals surface area contributed by atoms with Crippen LogP contribution in [0.15, 0.2) is 34.1 Å². The normalized spacial score (nSPS) is 12.7. The average Bonchev–Trinajstić information content (AvgIpc) is 2.71. The van der Waals surface area contributed by atoms with Gasteiger partial charge in [0, 0.05) is 4.88 Å². The van der Waals surface area contributed by atoms with Crippen molar-refractivity contribution in [3.05, 3.63) is 55.9 Å². The molecule has 17 heavy (non-hydrogen) atoms. The summed E-state index contributed by atoms with van der Waals surface area (Å²) < 4.78 is 14.0. The number of aryl methyl sites for hydroxylation is 1. The number of rotatable bonds is 3. The van der Waals surface area contributed by atoms with Crippen molar-refractivity contribution in [2.24, 2.45) is 5.84 Å². The van der Waals surface area contributed by atoms with E-state index in [1.807, 2.05) is 24.4 Å². The molecule has 0 aliphatic heterocycles. The molecular weight excluding hydrogens is 303 g/mol. The summed E-state index contributed by atoms with van der Waals surface area (Å²) in [5.74, 6) is 5.29. The number of benzene rings is 1. The molecule has 0 bridgehead atoms. The predicted octanol–water partition coefficient (Wildman–Crippen LogP) is 3.51. The quantitative estimate of drug-likeness (QED) is 0.672. The standard InChI is InChI=1S/C12H12BrFN2S/c1-7-4-5-17-12(7)11(16-15)8-2-3-9(13)10(14)6-8/h2-6,11,16H,15H2,1H3. The van der Waals surface area contributed by atoms with Crippen LogP contribution in [-0.4, -0.2) is 0 Å². The van der Waals surface area contributed by atoms with Gasteiger partial charge in [0.15, 0.2) is 0 Å². The Morgan fingerprint density at radius 3 is 2.71 bits per heavy atom. The van der Waals surface area contributed by atoms with E-state index in [9.17, 15) is 4.39 Å². The van der Waals surface area contributed by atoms with E-state index < -0.39 is 0 Å². The van der Waals surface area contributed by atoms with Crippen molar-refractivity contribution < 1.29 is 4.39 Å². The Hall–Kier alpha value is -0.750. The molecule has 3 N–H and O–H groups in total. The van der Waals surface area contributed by atoms with E-state index in [1.165, 1.54) is 6.07 Å². The van der Waals surface area contributed by atoms with Crippen LogP contribution in [0.2, 0.25) is 0 Å². The highest BCUT2D eigenvalue weighted by Crippen LogP contribution is 2.30. The van der Waals surface area contributed by atoms with Gasteiger partial charge in [-0.15, -0.1) is 11.3 Å². The molecule has 2 nitrogen and oxygen atoms in total. The van der Waals surface area contributed by atoms with Gasteiger partial charge >= 0.3 is 0 Å². The lowest BCUT2D eigenvalue weighted by atomic mass is 10.0. The second-order valence-corrected chi connectivity index (χ2v) is 5.54. The van der Waals surface area contributed by atoms with E-state index in [-0.39, 0.29) is 11.9 Å². The Balaban J connectivity index is 2.42. The Morgan fingerprint density at radius 1 is 1.41 bits per heavy atom. The summed E-state index contributed by atoms with van der Waals surface area (Å²) in [6.45, 7) is 2.02. The van der Waals surface area contributed by atoms with E-state index in [0.29, 0.717) is 4.47 Å². The van der Waals surface area contributed by atoms with E-state index >= 15 is 0 Å². The van der Waals surface area contributed by atoms with Gasteiger partial charge in [-0.3, -0.25) is 5.84 Å². The Bertz CT molecular complexity index is 527. The third-order valence-corrected chi connectivity index (χ3v) is 4.33. The number of hydrogen-bond acceptors (Lipinski definition) is 3. The minimum atomic E-state index is -0.281. The first-order chi connectivity index (χ1) is 8.13. The average molecular weight is 315 g/mol. The molecule has 1 heterocycles. The van der Waals surface area contributed by atoms with Gasteiger partial charge < -0.3 is 0 Å². The molecule has 1 aromatic heterocycles. The van der Waals surface area contributed by atoms with Gasteiger partial charge in [0.05, 0.1) is 10.5 Å². The van der Waals surface area contributed by atoms with Gasteiger partial charge in [-0.25, -0.2) is 9.82 Å². The highest BCUT2D eigenvalue weighted by atomic mass is 79.9. The molecule has 0 fully saturated rings. The zero-order chi connectivity index (χ0) is 12.4. The molecule has 90 valence electrons. The first kappa shape index (κ1) is 12.7. The van der Waals surface area contributed by atoms with Crippen LogP contribution >= 0.6 is 27.3 Å². The second-order valence-electron chi connectivity index (χ2n) is 3.74. The van der Waals surface area contributed by atoms with Crippen LogP contribution in [0.4, 0.5) is 4.39 Å². The van der Waals surface area contributed by atoms with Crippen molar-refractivity contribution in [3.63, 3.8) is 0 Å². The number of nitrogens with two attached hydrogens (primary N) is 1. The van der Waals surface area contributed by atoms with Gasteiger partial charge in [-0.05, 0) is 57.6 Å². The molecule has 1 unspecified atom stereocenters. The predicted molar refractivity (Wildman–Crippen MR) is 72.3 cm³/mol. The van der Waals surface area contributed by atoms with Crippen LogP contribution in [0.3, 0.4) is 0 Å². The van der Waals surface area contributed by atoms with Crippen molar-refractivity contribution >= 4 is 27.3 Å². The zero-order valence-electron chi connectivity index (χ0n) is 9.21. The monoisotopic (exact) mass is 314 g/mol. The number of hydrazine groups is 1. The summed E-state index contributed by atoms with van der Waals surface area (Å²) in [7, 11) is 0. The third kappa shape index (κ3) is 2.57. The molecule has 1 aromatic carbocycles. The second kappa shape index (κ2) is 5.27. The Kier molecular flexibility index (Phi) is 3.93. The summed E-state index contributed by atoms with van der Waals surface area (Å²) in [4.78, 5) is 1.11. The van der Waals surface area contributed by atoms with Crippen LogP contribution in [0, 0.1) is 12.7 Å². The fourth-order valence-corrected chi connectivity index (χ4v) is 2.95. The van der Waals surface area contributed by atoms with E-state index in [0.717, 1.165) is 16.0 Å². The molecule has 2 rings (SSSR count). The molecule has 5 heteroatoms. The van der Waals surface area contributed by atoms with Gasteiger partial charge in [0.25, 0.3) is 0 Å². The van der Waals surface area contributed by atoms with E-state index in [2.05, 4.69) is 21.4 Å². The lowest BCUT2D eigenvalue weighted by Gasteiger charge is -2.16. The summed E-state index contributed by atoms with van der Waals surface area (Å²) in [6.07, 6.45) is 0. The Labute approximate surface area is 112 Å². The molecule has 0 radical (unpaired) electrons. The molecule has 0 saturated carbocycles. The van der Waals surface area contributed by atoms with Crippen LogP contribution in [0.1, 0.15) is 22.0 Å². The molecule has 1 atom stereocenters. The highest BCUT2D eigenvalue weighted by molar-refractivity contribution is 9.10. The summed E-state index contributed by atoms with van der Waals surface area (Å²) in [5.41, 5.74) is 4.71. The summed E-state index contributed by atoms with van der Waals surface area (Å²) in [5, 5.41) is 2.00. The third-order valence-electron chi connectivity index (χ3n) is 2.61. The van der Waals surface area contributed by atoms with Crippen LogP contribution < -0.4 is 11.3 Å². The number of halogens is 2. The summed E-state index contributed by atoms with van der Waals surface area (Å²) in [6, 6.07) is 6.90. The number of thiophene rings is 1. The first-order valence-corrected chi connectivity index (χ1v) is 6.76. The van der Waals surface area contributed by atoms with Crippen molar-refractivity contribution in [3.8, 4) is 0 Å². The van der Waals surface area contributed by atoms with Crippen molar-refractivity contribution in [2.45, 2.75) is 13.0 Å². The molecule has 0 aliphatic carbocycles. The van der Waals surface area contributed by atoms with Gasteiger partial charge in [0.1, 0.15) is 5.82 Å². The van der Waals surface area contributed by atoms with E-state index in [1.54, 1.807) is 17.4 Å². The van der Waals surface area contributed by atoms with Crippen molar-refractivity contribution in [1.82, 2.24) is 5.43 Å². The molecule has 0 spiro atoms. The largest absolute Gasteiger partial charge is 0.271 e. The highest BCUT2D eigenvalue weighted by Gasteiger charge is 2.17. The van der Waals surface area contributed by atoms with Crippen molar-refractivity contribution in [2.75, 3.05) is 0 Å². The van der Waals surface area contributed by atoms with Gasteiger partial charge in [-0.2, -0.15) is 0 Å². The maximum Gasteiger partial charge on any atom is 0.137 e. The molecular formula is C12H12BrFN2S. The lowest BCUT2D eigenvalue weighted by Crippen LogP contribution is -2.28. The van der Waals surface area contributed by atoms with Crippen LogP contribution in [-0.2, 0) is 0 Å². The smallest absolute Gasteiger partial charge is 0.137 e. The fourth-order valence-electron chi connectivity index (χ4n) is 1.70. The maximum atomic E-state index is 13.5. The molecule has 0 amide bonds. The van der Waals surface area contributed by atoms with Gasteiger partial charge in [-0.1, -0.05) is 6.07 Å². The van der Waals surface area contributed by atoms with Crippen molar-refractivity contribution in [1.29, 1.82) is 0 Å². The lowest BCUT2D eigenvalue weighted by molar-refractivity contribution is 0.603. The number of hydrogen-bond donors (Lipinski definition) is 2. The first-order valence-electron chi connectivity index (χ1n) is 5.08. The summed E-state index contributed by atoms with van der Waals surface area (Å²) >= 11 is 4.75. The van der Waals surface area contributed by atoms with Gasteiger partial charge in [0.2, 0.25) is 0 Å². The molecule has 0 saturated heterocycles. The van der Waals surface area contributed by atoms with Crippen LogP contribution in [0.25, 0.3) is 0 Å². The Morgan fingerprint density at radius 2 is 2.18 bits per heavy atom. The van der Waals surface area contributed by atoms with Crippen LogP contribution in [0.5, 0.6) is 0 Å².